The molecule has 0 aliphatic carbocycles. The molecule has 4 nitrogen and oxygen atoms in total. The average molecular weight is 297 g/mol. The second kappa shape index (κ2) is 5.72. The molecule has 4 heteroatoms. The summed E-state index contributed by atoms with van der Waals surface area (Å²) in [6.45, 7) is 6.25. The van der Waals surface area contributed by atoms with E-state index in [2.05, 4.69) is 5.32 Å². The van der Waals surface area contributed by atoms with Gasteiger partial charge in [-0.25, -0.2) is 0 Å². The number of ether oxygens (including phenoxy) is 2. The highest BCUT2D eigenvalue weighted by atomic mass is 16.7. The van der Waals surface area contributed by atoms with Crippen molar-refractivity contribution < 1.29 is 14.3 Å². The lowest BCUT2D eigenvalue weighted by molar-refractivity contribution is 0.0939. The molecule has 114 valence electrons. The Labute approximate surface area is 130 Å². The molecular weight excluding hydrogens is 278 g/mol. The maximum atomic E-state index is 12.4. The molecule has 0 fully saturated rings. The van der Waals surface area contributed by atoms with E-state index in [0.29, 0.717) is 5.56 Å². The van der Waals surface area contributed by atoms with Crippen LogP contribution in [0.4, 0.5) is 0 Å². The Hall–Kier alpha value is -2.49. The molecule has 1 N–H and O–H groups in total. The number of aryl methyl sites for hydroxylation is 2. The number of hydrogen-bond donors (Lipinski definition) is 1. The summed E-state index contributed by atoms with van der Waals surface area (Å²) in [6, 6.07) is 11.3. The minimum atomic E-state index is -0.108. The first-order chi connectivity index (χ1) is 10.5. The Kier molecular flexibility index (Phi) is 3.75. The van der Waals surface area contributed by atoms with E-state index in [1.807, 2.05) is 57.2 Å². The van der Waals surface area contributed by atoms with Crippen molar-refractivity contribution in [1.82, 2.24) is 5.32 Å². The highest BCUT2D eigenvalue weighted by Crippen LogP contribution is 2.34. The van der Waals surface area contributed by atoms with Crippen LogP contribution >= 0.6 is 0 Å². The Balaban J connectivity index is 1.74. The van der Waals surface area contributed by atoms with E-state index in [9.17, 15) is 4.79 Å². The number of benzene rings is 2. The molecule has 1 atom stereocenters. The smallest absolute Gasteiger partial charge is 0.251 e. The predicted octanol–water partition coefficient (Wildman–Crippen LogP) is 3.52. The fraction of sp³-hybridized carbons (Fsp3) is 0.278. The van der Waals surface area contributed by atoms with Gasteiger partial charge in [-0.1, -0.05) is 12.1 Å². The highest BCUT2D eigenvalue weighted by Gasteiger charge is 2.17. The zero-order valence-corrected chi connectivity index (χ0v) is 13.0. The molecule has 1 unspecified atom stereocenters. The SMILES string of the molecule is Cc1ccc(C(=O)NC(C)c2ccc3c(c2)OCO3)cc1C. The van der Waals surface area contributed by atoms with Crippen LogP contribution in [0.5, 0.6) is 11.5 Å². The average Bonchev–Trinajstić information content (AvgIpc) is 2.97. The largest absolute Gasteiger partial charge is 0.454 e. The summed E-state index contributed by atoms with van der Waals surface area (Å²) >= 11 is 0. The molecule has 0 spiro atoms. The summed E-state index contributed by atoms with van der Waals surface area (Å²) in [5.41, 5.74) is 3.96. The van der Waals surface area contributed by atoms with Crippen LogP contribution in [0.1, 0.15) is 40.0 Å². The highest BCUT2D eigenvalue weighted by molar-refractivity contribution is 5.94. The van der Waals surface area contributed by atoms with Crippen LogP contribution in [-0.2, 0) is 0 Å². The number of nitrogens with one attached hydrogen (secondary N) is 1. The van der Waals surface area contributed by atoms with E-state index in [-0.39, 0.29) is 18.7 Å². The normalized spacial score (nSPS) is 13.8. The molecule has 1 heterocycles. The molecule has 1 aliphatic heterocycles. The lowest BCUT2D eigenvalue weighted by Crippen LogP contribution is -2.26. The van der Waals surface area contributed by atoms with Gasteiger partial charge in [0, 0.05) is 5.56 Å². The third-order valence-electron chi connectivity index (χ3n) is 4.01. The number of fused-ring (bicyclic) bond motifs is 1. The summed E-state index contributed by atoms with van der Waals surface area (Å²) < 4.78 is 10.7. The Morgan fingerprint density at radius 1 is 1.05 bits per heavy atom. The second-order valence-corrected chi connectivity index (χ2v) is 5.61. The van der Waals surface area contributed by atoms with Gasteiger partial charge >= 0.3 is 0 Å². The summed E-state index contributed by atoms with van der Waals surface area (Å²) in [4.78, 5) is 12.4. The number of hydrogen-bond acceptors (Lipinski definition) is 3. The van der Waals surface area contributed by atoms with E-state index in [1.165, 1.54) is 5.56 Å². The van der Waals surface area contributed by atoms with Gasteiger partial charge in [0.1, 0.15) is 0 Å². The van der Waals surface area contributed by atoms with E-state index >= 15 is 0 Å². The molecule has 0 radical (unpaired) electrons. The minimum absolute atomic E-state index is 0.0757. The van der Waals surface area contributed by atoms with Gasteiger partial charge in [0.25, 0.3) is 5.91 Å². The van der Waals surface area contributed by atoms with E-state index in [0.717, 1.165) is 22.6 Å². The molecule has 1 amide bonds. The molecule has 0 aromatic heterocycles. The van der Waals surface area contributed by atoms with Crippen LogP contribution in [0, 0.1) is 13.8 Å². The molecule has 22 heavy (non-hydrogen) atoms. The van der Waals surface area contributed by atoms with Crippen molar-refractivity contribution in [1.29, 1.82) is 0 Å². The van der Waals surface area contributed by atoms with Crippen LogP contribution in [0.25, 0.3) is 0 Å². The fourth-order valence-electron chi connectivity index (χ4n) is 2.43. The zero-order chi connectivity index (χ0) is 15.7. The Morgan fingerprint density at radius 3 is 2.59 bits per heavy atom. The second-order valence-electron chi connectivity index (χ2n) is 5.61. The van der Waals surface area contributed by atoms with Crippen LogP contribution in [0.2, 0.25) is 0 Å². The molecule has 2 aromatic carbocycles. The van der Waals surface area contributed by atoms with Gasteiger partial charge in [-0.15, -0.1) is 0 Å². The fourth-order valence-corrected chi connectivity index (χ4v) is 2.43. The van der Waals surface area contributed by atoms with Crippen molar-refractivity contribution in [2.75, 3.05) is 6.79 Å². The third-order valence-corrected chi connectivity index (χ3v) is 4.01. The lowest BCUT2D eigenvalue weighted by atomic mass is 10.0. The Bertz CT molecular complexity index is 724. The maximum Gasteiger partial charge on any atom is 0.251 e. The van der Waals surface area contributed by atoms with Crippen molar-refractivity contribution in [2.45, 2.75) is 26.8 Å². The van der Waals surface area contributed by atoms with Gasteiger partial charge in [-0.2, -0.15) is 0 Å². The van der Waals surface area contributed by atoms with Crippen molar-refractivity contribution in [3.63, 3.8) is 0 Å². The predicted molar refractivity (Wildman–Crippen MR) is 84.4 cm³/mol. The van der Waals surface area contributed by atoms with Gasteiger partial charge in [-0.05, 0) is 61.7 Å². The molecular formula is C18H19NO3. The summed E-state index contributed by atoms with van der Waals surface area (Å²) in [5.74, 6) is 1.40. The molecule has 0 bridgehead atoms. The van der Waals surface area contributed by atoms with Gasteiger partial charge in [0.15, 0.2) is 11.5 Å². The van der Waals surface area contributed by atoms with Crippen molar-refractivity contribution >= 4 is 5.91 Å². The molecule has 0 saturated carbocycles. The molecule has 2 aromatic rings. The van der Waals surface area contributed by atoms with E-state index in [4.69, 9.17) is 9.47 Å². The van der Waals surface area contributed by atoms with E-state index in [1.54, 1.807) is 0 Å². The van der Waals surface area contributed by atoms with Crippen molar-refractivity contribution in [3.8, 4) is 11.5 Å². The van der Waals surface area contributed by atoms with Crippen LogP contribution < -0.4 is 14.8 Å². The first kappa shape index (κ1) is 14.4. The third kappa shape index (κ3) is 2.77. The van der Waals surface area contributed by atoms with Crippen LogP contribution in [0.15, 0.2) is 36.4 Å². The first-order valence-electron chi connectivity index (χ1n) is 7.32. The van der Waals surface area contributed by atoms with E-state index < -0.39 is 0 Å². The standard InChI is InChI=1S/C18H19NO3/c1-11-4-5-15(8-12(11)2)18(20)19-13(3)14-6-7-16-17(9-14)22-10-21-16/h4-9,13H,10H2,1-3H3,(H,19,20). The maximum absolute atomic E-state index is 12.4. The zero-order valence-electron chi connectivity index (χ0n) is 13.0. The number of carbonyl (C=O) groups is 1. The molecule has 3 rings (SSSR count). The number of carbonyl (C=O) groups excluding carboxylic acids is 1. The van der Waals surface area contributed by atoms with Gasteiger partial charge in [-0.3, -0.25) is 4.79 Å². The van der Waals surface area contributed by atoms with Gasteiger partial charge in [0.2, 0.25) is 6.79 Å². The topological polar surface area (TPSA) is 47.6 Å². The number of rotatable bonds is 3. The van der Waals surface area contributed by atoms with Gasteiger partial charge < -0.3 is 14.8 Å². The summed E-state index contributed by atoms with van der Waals surface area (Å²) in [6.07, 6.45) is 0. The van der Waals surface area contributed by atoms with Crippen molar-refractivity contribution in [2.24, 2.45) is 0 Å². The summed E-state index contributed by atoms with van der Waals surface area (Å²) in [5, 5.41) is 3.02. The molecule has 0 saturated heterocycles. The van der Waals surface area contributed by atoms with Crippen LogP contribution in [-0.4, -0.2) is 12.7 Å². The van der Waals surface area contributed by atoms with Crippen LogP contribution in [0.3, 0.4) is 0 Å². The summed E-state index contributed by atoms with van der Waals surface area (Å²) in [7, 11) is 0. The Morgan fingerprint density at radius 2 is 1.82 bits per heavy atom. The number of amides is 1. The lowest BCUT2D eigenvalue weighted by Gasteiger charge is -2.15. The minimum Gasteiger partial charge on any atom is -0.454 e. The van der Waals surface area contributed by atoms with Crippen molar-refractivity contribution in [3.05, 3.63) is 58.7 Å². The monoisotopic (exact) mass is 297 g/mol. The molecule has 1 aliphatic rings. The first-order valence-corrected chi connectivity index (χ1v) is 7.32. The quantitative estimate of drug-likeness (QED) is 0.943. The van der Waals surface area contributed by atoms with Gasteiger partial charge in [0.05, 0.1) is 6.04 Å².